The lowest BCUT2D eigenvalue weighted by atomic mass is 9.97. The number of benzene rings is 1. The van der Waals surface area contributed by atoms with Gasteiger partial charge in [0.2, 0.25) is 5.91 Å². The molecule has 0 saturated carbocycles. The number of hydrogen-bond acceptors (Lipinski definition) is 6. The molecule has 168 valence electrons. The lowest BCUT2D eigenvalue weighted by molar-refractivity contribution is -0.112. The lowest BCUT2D eigenvalue weighted by Gasteiger charge is -2.18. The van der Waals surface area contributed by atoms with Crippen molar-refractivity contribution in [3.8, 4) is 5.00 Å². The van der Waals surface area contributed by atoms with E-state index in [1.54, 1.807) is 11.3 Å². The summed E-state index contributed by atoms with van der Waals surface area (Å²) in [4.78, 5) is 24.1. The van der Waals surface area contributed by atoms with Gasteiger partial charge in [-0.15, -0.1) is 21.5 Å². The molecule has 0 saturated heterocycles. The highest BCUT2D eigenvalue weighted by molar-refractivity contribution is 7.14. The first-order valence-electron chi connectivity index (χ1n) is 10.6. The number of nitrogens with zero attached hydrogens (tertiary/aromatic N) is 3. The number of hydrogen-bond donors (Lipinski definition) is 2. The third kappa shape index (κ3) is 4.71. The molecule has 2 aromatic heterocycles. The molecule has 0 fully saturated rings. The van der Waals surface area contributed by atoms with Gasteiger partial charge in [0.15, 0.2) is 0 Å². The SMILES string of the molecule is C=CC(=O)Nc1ccc(C(N)c2c(-n3c(C)nnc3CC(C=O)CC)sc(C)c2C)cc1. The molecular formula is C24H29N5O2S. The number of anilines is 1. The first-order chi connectivity index (χ1) is 15.3. The number of nitrogens with two attached hydrogens (primary N) is 1. The fraction of sp³-hybridized carbons (Fsp3) is 0.333. The smallest absolute Gasteiger partial charge is 0.247 e. The van der Waals surface area contributed by atoms with Crippen molar-refractivity contribution in [3.63, 3.8) is 0 Å². The molecule has 1 amide bonds. The molecule has 0 aliphatic carbocycles. The van der Waals surface area contributed by atoms with Crippen LogP contribution in [0, 0.1) is 26.7 Å². The van der Waals surface area contributed by atoms with Gasteiger partial charge in [0.1, 0.15) is 22.9 Å². The van der Waals surface area contributed by atoms with Crippen molar-refractivity contribution in [1.82, 2.24) is 14.8 Å². The Kier molecular flexibility index (Phi) is 7.37. The third-order valence-corrected chi connectivity index (χ3v) is 6.91. The normalized spacial score (nSPS) is 12.9. The molecule has 0 radical (unpaired) electrons. The molecule has 32 heavy (non-hydrogen) atoms. The van der Waals surface area contributed by atoms with E-state index < -0.39 is 0 Å². The summed E-state index contributed by atoms with van der Waals surface area (Å²) in [5, 5.41) is 12.4. The lowest BCUT2D eigenvalue weighted by Crippen LogP contribution is -2.17. The van der Waals surface area contributed by atoms with Crippen LogP contribution in [0.15, 0.2) is 36.9 Å². The molecule has 2 heterocycles. The Labute approximate surface area is 192 Å². The van der Waals surface area contributed by atoms with Crippen LogP contribution in [-0.4, -0.2) is 27.0 Å². The molecule has 0 bridgehead atoms. The van der Waals surface area contributed by atoms with Gasteiger partial charge in [0.05, 0.1) is 6.04 Å². The van der Waals surface area contributed by atoms with Crippen LogP contribution in [-0.2, 0) is 16.0 Å². The highest BCUT2D eigenvalue weighted by atomic mass is 32.1. The second-order valence-electron chi connectivity index (χ2n) is 7.80. The number of aldehydes is 1. The largest absolute Gasteiger partial charge is 0.323 e. The molecule has 3 N–H and O–H groups in total. The average molecular weight is 452 g/mol. The number of carbonyl (C=O) groups excluding carboxylic acids is 2. The quantitative estimate of drug-likeness (QED) is 0.375. The van der Waals surface area contributed by atoms with Gasteiger partial charge >= 0.3 is 0 Å². The van der Waals surface area contributed by atoms with Crippen molar-refractivity contribution >= 4 is 29.2 Å². The van der Waals surface area contributed by atoms with Crippen LogP contribution in [0.3, 0.4) is 0 Å². The second kappa shape index (κ2) is 10.0. The zero-order valence-corrected chi connectivity index (χ0v) is 19.7. The molecule has 8 heteroatoms. The minimum absolute atomic E-state index is 0.102. The number of aromatic nitrogens is 3. The number of amides is 1. The van der Waals surface area contributed by atoms with Gasteiger partial charge < -0.3 is 15.8 Å². The molecule has 3 rings (SSSR count). The molecule has 3 aromatic rings. The number of carbonyl (C=O) groups is 2. The Balaban J connectivity index is 2.02. The summed E-state index contributed by atoms with van der Waals surface area (Å²) in [5.41, 5.74) is 10.5. The zero-order valence-electron chi connectivity index (χ0n) is 18.9. The van der Waals surface area contributed by atoms with E-state index in [9.17, 15) is 9.59 Å². The predicted octanol–water partition coefficient (Wildman–Crippen LogP) is 4.19. The highest BCUT2D eigenvalue weighted by Gasteiger charge is 2.25. The van der Waals surface area contributed by atoms with E-state index in [4.69, 9.17) is 5.73 Å². The number of aryl methyl sites for hydroxylation is 2. The first kappa shape index (κ1) is 23.6. The zero-order chi connectivity index (χ0) is 23.4. The maximum absolute atomic E-state index is 11.5. The maximum atomic E-state index is 11.5. The maximum Gasteiger partial charge on any atom is 0.247 e. The van der Waals surface area contributed by atoms with E-state index >= 15 is 0 Å². The summed E-state index contributed by atoms with van der Waals surface area (Å²) in [5.74, 6) is 1.16. The highest BCUT2D eigenvalue weighted by Crippen LogP contribution is 2.38. The van der Waals surface area contributed by atoms with Crippen molar-refractivity contribution in [2.45, 2.75) is 46.6 Å². The molecule has 1 aromatic carbocycles. The number of nitrogens with one attached hydrogen (secondary N) is 1. The van der Waals surface area contributed by atoms with E-state index in [2.05, 4.69) is 35.9 Å². The van der Waals surface area contributed by atoms with Crippen LogP contribution in [0.4, 0.5) is 5.69 Å². The van der Waals surface area contributed by atoms with Gasteiger partial charge in [-0.1, -0.05) is 25.6 Å². The van der Waals surface area contributed by atoms with Crippen LogP contribution in [0.5, 0.6) is 0 Å². The van der Waals surface area contributed by atoms with Crippen LogP contribution in [0.1, 0.15) is 52.6 Å². The summed E-state index contributed by atoms with van der Waals surface area (Å²) >= 11 is 1.65. The Morgan fingerprint density at radius 3 is 2.53 bits per heavy atom. The van der Waals surface area contributed by atoms with Crippen molar-refractivity contribution in [1.29, 1.82) is 0 Å². The average Bonchev–Trinajstić information content (AvgIpc) is 3.30. The summed E-state index contributed by atoms with van der Waals surface area (Å²) < 4.78 is 2.03. The second-order valence-corrected chi connectivity index (χ2v) is 9.01. The van der Waals surface area contributed by atoms with Gasteiger partial charge in [0, 0.05) is 28.5 Å². The Morgan fingerprint density at radius 2 is 1.94 bits per heavy atom. The van der Waals surface area contributed by atoms with Gasteiger partial charge in [-0.25, -0.2) is 0 Å². The molecule has 0 aliphatic rings. The molecular weight excluding hydrogens is 422 g/mol. The molecule has 2 atom stereocenters. The van der Waals surface area contributed by atoms with E-state index in [-0.39, 0.29) is 17.9 Å². The van der Waals surface area contributed by atoms with Crippen molar-refractivity contribution in [2.75, 3.05) is 5.32 Å². The minimum Gasteiger partial charge on any atom is -0.323 e. The van der Waals surface area contributed by atoms with Crippen LogP contribution in [0.2, 0.25) is 0 Å². The Bertz CT molecular complexity index is 1130. The Morgan fingerprint density at radius 1 is 1.25 bits per heavy atom. The molecule has 0 spiro atoms. The number of rotatable bonds is 9. The van der Waals surface area contributed by atoms with Crippen LogP contribution < -0.4 is 11.1 Å². The monoisotopic (exact) mass is 451 g/mol. The van der Waals surface area contributed by atoms with E-state index in [0.717, 1.165) is 46.0 Å². The van der Waals surface area contributed by atoms with Gasteiger partial charge in [-0.2, -0.15) is 0 Å². The fourth-order valence-electron chi connectivity index (χ4n) is 3.62. The van der Waals surface area contributed by atoms with E-state index in [0.29, 0.717) is 12.1 Å². The van der Waals surface area contributed by atoms with Gasteiger partial charge in [-0.05, 0) is 56.5 Å². The van der Waals surface area contributed by atoms with Crippen LogP contribution >= 0.6 is 11.3 Å². The van der Waals surface area contributed by atoms with Crippen molar-refractivity contribution < 1.29 is 9.59 Å². The molecule has 7 nitrogen and oxygen atoms in total. The summed E-state index contributed by atoms with van der Waals surface area (Å²) in [6, 6.07) is 7.12. The standard InChI is InChI=1S/C24H29N5O2S/c1-6-17(13-30)12-20-28-27-16(5)29(20)24-22(14(3)15(4)32-24)23(25)18-8-10-19(11-9-18)26-21(31)7-2/h7-11,13,17,23H,2,6,12,25H2,1,3-5H3,(H,26,31). The van der Waals surface area contributed by atoms with Crippen molar-refractivity contribution in [2.24, 2.45) is 11.7 Å². The third-order valence-electron chi connectivity index (χ3n) is 5.70. The van der Waals surface area contributed by atoms with E-state index in [1.165, 1.54) is 11.0 Å². The van der Waals surface area contributed by atoms with Crippen LogP contribution in [0.25, 0.3) is 5.00 Å². The first-order valence-corrected chi connectivity index (χ1v) is 11.4. The summed E-state index contributed by atoms with van der Waals surface area (Å²) in [6.45, 7) is 11.5. The van der Waals surface area contributed by atoms with Gasteiger partial charge in [0.25, 0.3) is 0 Å². The van der Waals surface area contributed by atoms with Gasteiger partial charge in [-0.3, -0.25) is 9.36 Å². The number of thiophene rings is 1. The topological polar surface area (TPSA) is 103 Å². The fourth-order valence-corrected chi connectivity index (χ4v) is 4.89. The van der Waals surface area contributed by atoms with Crippen molar-refractivity contribution in [3.05, 3.63) is 70.1 Å². The molecule has 0 aliphatic heterocycles. The molecule has 2 unspecified atom stereocenters. The Hall–Kier alpha value is -3.10. The summed E-state index contributed by atoms with van der Waals surface area (Å²) in [7, 11) is 0. The predicted molar refractivity (Wildman–Crippen MR) is 128 cm³/mol. The minimum atomic E-state index is -0.373. The summed E-state index contributed by atoms with van der Waals surface area (Å²) in [6.07, 6.45) is 3.50. The van der Waals surface area contributed by atoms with E-state index in [1.807, 2.05) is 42.7 Å².